The lowest BCUT2D eigenvalue weighted by atomic mass is 10.1. The lowest BCUT2D eigenvalue weighted by Crippen LogP contribution is -2.22. The number of nitrogens with zero attached hydrogens (tertiary/aromatic N) is 4. The highest BCUT2D eigenvalue weighted by molar-refractivity contribution is 7.91. The quantitative estimate of drug-likeness (QED) is 0.672. The minimum absolute atomic E-state index is 0.139. The van der Waals surface area contributed by atoms with Gasteiger partial charge in [0.15, 0.2) is 14.6 Å². The molecule has 1 aliphatic rings. The highest BCUT2D eigenvalue weighted by Crippen LogP contribution is 2.23. The van der Waals surface area contributed by atoms with Gasteiger partial charge in [0, 0.05) is 24.9 Å². The first-order chi connectivity index (χ1) is 11.7. The zero-order valence-corrected chi connectivity index (χ0v) is 17.4. The molecular weight excluding hydrogens is 400 g/mol. The molecule has 25 heavy (non-hydrogen) atoms. The molecule has 1 saturated heterocycles. The van der Waals surface area contributed by atoms with E-state index in [0.29, 0.717) is 24.3 Å². The van der Waals surface area contributed by atoms with Gasteiger partial charge in [-0.25, -0.2) is 13.1 Å². The molecule has 138 valence electrons. The fourth-order valence-electron chi connectivity index (χ4n) is 3.08. The Morgan fingerprint density at radius 1 is 1.48 bits per heavy atom. The molecule has 0 saturated carbocycles. The second-order valence-electron chi connectivity index (χ2n) is 6.59. The van der Waals surface area contributed by atoms with Crippen LogP contribution in [0.2, 0.25) is 4.34 Å². The largest absolute Gasteiger partial charge is 0.307 e. The SMILES string of the molecule is CN(Cc1ccc(Cl)s1)Cn1nc(C[C@@H]2CCS(=O)(=O)C2)n(C)c1=S. The number of halogens is 1. The molecule has 10 heteroatoms. The number of sulfone groups is 1. The third kappa shape index (κ3) is 4.71. The van der Waals surface area contributed by atoms with Gasteiger partial charge in [0.2, 0.25) is 0 Å². The topological polar surface area (TPSA) is 60.1 Å². The molecular formula is C15H21ClN4O2S3. The van der Waals surface area contributed by atoms with Crippen LogP contribution >= 0.6 is 35.2 Å². The number of rotatable bonds is 6. The van der Waals surface area contributed by atoms with Crippen molar-refractivity contribution in [3.63, 3.8) is 0 Å². The van der Waals surface area contributed by atoms with Gasteiger partial charge in [0.1, 0.15) is 5.82 Å². The summed E-state index contributed by atoms with van der Waals surface area (Å²) in [5, 5.41) is 4.62. The molecule has 3 heterocycles. The van der Waals surface area contributed by atoms with Gasteiger partial charge in [0.05, 0.1) is 22.5 Å². The zero-order chi connectivity index (χ0) is 18.2. The fourth-order valence-corrected chi connectivity index (χ4v) is 6.31. The Bertz CT molecular complexity index is 916. The lowest BCUT2D eigenvalue weighted by Gasteiger charge is -2.15. The van der Waals surface area contributed by atoms with Gasteiger partial charge in [-0.3, -0.25) is 4.90 Å². The highest BCUT2D eigenvalue weighted by Gasteiger charge is 2.29. The average molecular weight is 421 g/mol. The Morgan fingerprint density at radius 2 is 2.24 bits per heavy atom. The third-order valence-corrected chi connectivity index (χ3v) is 7.90. The van der Waals surface area contributed by atoms with Crippen molar-refractivity contribution in [1.29, 1.82) is 0 Å². The minimum Gasteiger partial charge on any atom is -0.307 e. The molecule has 3 rings (SSSR count). The van der Waals surface area contributed by atoms with Gasteiger partial charge in [-0.1, -0.05) is 11.6 Å². The van der Waals surface area contributed by atoms with Crippen LogP contribution in [0.3, 0.4) is 0 Å². The van der Waals surface area contributed by atoms with E-state index in [-0.39, 0.29) is 17.4 Å². The molecule has 2 aromatic rings. The summed E-state index contributed by atoms with van der Waals surface area (Å²) < 4.78 is 28.4. The van der Waals surface area contributed by atoms with Crippen molar-refractivity contribution < 1.29 is 8.42 Å². The first-order valence-corrected chi connectivity index (χ1v) is 11.4. The van der Waals surface area contributed by atoms with Crippen molar-refractivity contribution >= 4 is 45.0 Å². The predicted octanol–water partition coefficient (Wildman–Crippen LogP) is 2.73. The van der Waals surface area contributed by atoms with Crippen LogP contribution in [0.25, 0.3) is 0 Å². The van der Waals surface area contributed by atoms with Crippen LogP contribution in [-0.2, 0) is 36.5 Å². The molecule has 0 bridgehead atoms. The van der Waals surface area contributed by atoms with Gasteiger partial charge in [-0.2, -0.15) is 5.10 Å². The molecule has 0 radical (unpaired) electrons. The molecule has 1 aliphatic heterocycles. The molecule has 0 spiro atoms. The highest BCUT2D eigenvalue weighted by atomic mass is 35.5. The number of hydrogen-bond donors (Lipinski definition) is 0. The van der Waals surface area contributed by atoms with Crippen LogP contribution in [0.4, 0.5) is 0 Å². The lowest BCUT2D eigenvalue weighted by molar-refractivity contribution is 0.245. The minimum atomic E-state index is -2.87. The predicted molar refractivity (Wildman–Crippen MR) is 103 cm³/mol. The van der Waals surface area contributed by atoms with Crippen LogP contribution in [0.5, 0.6) is 0 Å². The first-order valence-electron chi connectivity index (χ1n) is 7.99. The maximum atomic E-state index is 11.6. The molecule has 0 aromatic carbocycles. The van der Waals surface area contributed by atoms with Gasteiger partial charge >= 0.3 is 0 Å². The first kappa shape index (κ1) is 19.0. The van der Waals surface area contributed by atoms with Gasteiger partial charge in [-0.05, 0) is 43.7 Å². The summed E-state index contributed by atoms with van der Waals surface area (Å²) in [4.78, 5) is 3.31. The molecule has 1 fully saturated rings. The van der Waals surface area contributed by atoms with Crippen molar-refractivity contribution in [3.05, 3.63) is 31.9 Å². The van der Waals surface area contributed by atoms with E-state index < -0.39 is 9.84 Å². The molecule has 6 nitrogen and oxygen atoms in total. The van der Waals surface area contributed by atoms with Gasteiger partial charge in [0.25, 0.3) is 0 Å². The average Bonchev–Trinajstić information content (AvgIpc) is 3.15. The van der Waals surface area contributed by atoms with Crippen molar-refractivity contribution in [2.75, 3.05) is 18.6 Å². The molecule has 1 atom stereocenters. The van der Waals surface area contributed by atoms with E-state index in [9.17, 15) is 8.42 Å². The Kier molecular flexibility index (Phi) is 5.69. The van der Waals surface area contributed by atoms with Crippen molar-refractivity contribution in [2.24, 2.45) is 13.0 Å². The Hall–Kier alpha value is -0.740. The summed E-state index contributed by atoms with van der Waals surface area (Å²) >= 11 is 13.0. The Labute approximate surface area is 161 Å². The summed E-state index contributed by atoms with van der Waals surface area (Å²) in [6.07, 6.45) is 1.36. The Morgan fingerprint density at radius 3 is 2.84 bits per heavy atom. The van der Waals surface area contributed by atoms with Crippen LogP contribution in [0.15, 0.2) is 12.1 Å². The molecule has 0 N–H and O–H groups in total. The maximum absolute atomic E-state index is 11.6. The number of aromatic nitrogens is 3. The van der Waals surface area contributed by atoms with Crippen molar-refractivity contribution in [2.45, 2.75) is 26.1 Å². The number of hydrogen-bond acceptors (Lipinski definition) is 6. The van der Waals surface area contributed by atoms with E-state index >= 15 is 0 Å². The summed E-state index contributed by atoms with van der Waals surface area (Å²) in [6, 6.07) is 3.92. The van der Waals surface area contributed by atoms with Crippen LogP contribution in [0.1, 0.15) is 17.1 Å². The standard InChI is InChI=1S/C15H21ClN4O2S3/c1-18(8-12-3-4-13(16)24-12)10-20-15(23)19(2)14(17-20)7-11-5-6-25(21,22)9-11/h3-4,11H,5-10H2,1-2H3/t11-/m0/s1. The monoisotopic (exact) mass is 420 g/mol. The summed E-state index contributed by atoms with van der Waals surface area (Å²) in [5.74, 6) is 1.53. The van der Waals surface area contributed by atoms with E-state index in [2.05, 4.69) is 10.00 Å². The van der Waals surface area contributed by atoms with Gasteiger partial charge < -0.3 is 4.57 Å². The number of thiophene rings is 1. The van der Waals surface area contributed by atoms with E-state index in [1.807, 2.05) is 30.8 Å². The van der Waals surface area contributed by atoms with E-state index in [4.69, 9.17) is 23.8 Å². The van der Waals surface area contributed by atoms with E-state index in [1.54, 1.807) is 16.0 Å². The summed E-state index contributed by atoms with van der Waals surface area (Å²) in [6.45, 7) is 1.34. The molecule has 2 aromatic heterocycles. The second kappa shape index (κ2) is 7.48. The van der Waals surface area contributed by atoms with Crippen LogP contribution in [0, 0.1) is 10.7 Å². The summed E-state index contributed by atoms with van der Waals surface area (Å²) in [7, 11) is 1.03. The maximum Gasteiger partial charge on any atom is 0.198 e. The zero-order valence-electron chi connectivity index (χ0n) is 14.2. The van der Waals surface area contributed by atoms with Crippen molar-refractivity contribution in [1.82, 2.24) is 19.2 Å². The normalized spacial score (nSPS) is 19.8. The van der Waals surface area contributed by atoms with Gasteiger partial charge in [-0.15, -0.1) is 11.3 Å². The van der Waals surface area contributed by atoms with E-state index in [0.717, 1.165) is 16.7 Å². The van der Waals surface area contributed by atoms with Crippen LogP contribution in [-0.4, -0.2) is 46.2 Å². The molecule has 0 unspecified atom stereocenters. The summed E-state index contributed by atoms with van der Waals surface area (Å²) in [5.41, 5.74) is 0. The fraction of sp³-hybridized carbons (Fsp3) is 0.600. The third-order valence-electron chi connectivity index (χ3n) is 4.36. The molecule has 0 amide bonds. The smallest absolute Gasteiger partial charge is 0.198 e. The van der Waals surface area contributed by atoms with E-state index in [1.165, 1.54) is 4.88 Å². The van der Waals surface area contributed by atoms with Crippen molar-refractivity contribution in [3.8, 4) is 0 Å². The second-order valence-corrected chi connectivity index (χ2v) is 11.0. The molecule has 0 aliphatic carbocycles. The van der Waals surface area contributed by atoms with Crippen LogP contribution < -0.4 is 0 Å². The Balaban J connectivity index is 1.67.